The Morgan fingerprint density at radius 3 is 3.05 bits per heavy atom. The molecule has 1 aromatic heterocycles. The molecule has 0 bridgehead atoms. The third-order valence-electron chi connectivity index (χ3n) is 3.64. The molecular weight excluding hydrogens is 256 g/mol. The lowest BCUT2D eigenvalue weighted by molar-refractivity contribution is -0.129. The lowest BCUT2D eigenvalue weighted by Crippen LogP contribution is -2.39. The molecule has 1 unspecified atom stereocenters. The predicted octanol–water partition coefficient (Wildman–Crippen LogP) is 0.188. The molecule has 1 fully saturated rings. The molecule has 20 heavy (non-hydrogen) atoms. The third-order valence-corrected chi connectivity index (χ3v) is 3.64. The van der Waals surface area contributed by atoms with Crippen molar-refractivity contribution in [1.82, 2.24) is 19.4 Å². The number of β-amino-alcohol motifs (C(OH)–C–C–N with tert-alkyl or cyclic N) is 1. The van der Waals surface area contributed by atoms with Crippen LogP contribution in [-0.2, 0) is 11.3 Å². The summed E-state index contributed by atoms with van der Waals surface area (Å²) in [6, 6.07) is 0. The number of amides is 1. The van der Waals surface area contributed by atoms with Gasteiger partial charge >= 0.3 is 0 Å². The lowest BCUT2D eigenvalue weighted by Gasteiger charge is -2.24. The largest absolute Gasteiger partial charge is 0.390 e. The summed E-state index contributed by atoms with van der Waals surface area (Å²) in [4.78, 5) is 19.4. The molecule has 0 saturated carbocycles. The van der Waals surface area contributed by atoms with Crippen molar-refractivity contribution >= 4 is 5.91 Å². The topological polar surface area (TPSA) is 61.6 Å². The molecule has 0 spiro atoms. The average molecular weight is 280 g/mol. The van der Waals surface area contributed by atoms with Crippen molar-refractivity contribution in [2.24, 2.45) is 0 Å². The molecule has 0 aromatic carbocycles. The maximum Gasteiger partial charge on any atom is 0.222 e. The van der Waals surface area contributed by atoms with Gasteiger partial charge in [0.25, 0.3) is 0 Å². The van der Waals surface area contributed by atoms with E-state index < -0.39 is 6.10 Å². The zero-order valence-electron chi connectivity index (χ0n) is 12.1. The highest BCUT2D eigenvalue weighted by Gasteiger charge is 2.22. The van der Waals surface area contributed by atoms with Gasteiger partial charge in [-0.1, -0.05) is 0 Å². The molecule has 6 nitrogen and oxygen atoms in total. The van der Waals surface area contributed by atoms with Gasteiger partial charge in [0.05, 0.1) is 12.4 Å². The standard InChI is InChI=1S/C14H24N4O2/c1-16(6-3-7-17-9-5-15-12-17)10-13(19)11-18-8-2-4-14(18)20/h5,9,12-13,19H,2-4,6-8,10-11H2,1H3. The minimum Gasteiger partial charge on any atom is -0.390 e. The normalized spacial score (nSPS) is 17.1. The molecular formula is C14H24N4O2. The maximum atomic E-state index is 11.5. The fourth-order valence-corrected chi connectivity index (χ4v) is 2.60. The monoisotopic (exact) mass is 280 g/mol. The quantitative estimate of drug-likeness (QED) is 0.738. The Balaban J connectivity index is 1.60. The number of imidazole rings is 1. The number of aliphatic hydroxyl groups is 1. The molecule has 1 amide bonds. The summed E-state index contributed by atoms with van der Waals surface area (Å²) >= 11 is 0. The van der Waals surface area contributed by atoms with Crippen LogP contribution in [0.15, 0.2) is 18.7 Å². The first-order valence-electron chi connectivity index (χ1n) is 7.25. The second-order valence-electron chi connectivity index (χ2n) is 5.51. The molecule has 2 heterocycles. The van der Waals surface area contributed by atoms with Gasteiger partial charge in [0.1, 0.15) is 0 Å². The van der Waals surface area contributed by atoms with Crippen LogP contribution >= 0.6 is 0 Å². The Kier molecular flexibility index (Phi) is 5.55. The average Bonchev–Trinajstić information content (AvgIpc) is 3.02. The van der Waals surface area contributed by atoms with Gasteiger partial charge in [-0.05, 0) is 26.4 Å². The van der Waals surface area contributed by atoms with Crippen LogP contribution < -0.4 is 0 Å². The van der Waals surface area contributed by atoms with Gasteiger partial charge in [0.2, 0.25) is 5.91 Å². The van der Waals surface area contributed by atoms with Crippen LogP contribution in [0.2, 0.25) is 0 Å². The Morgan fingerprint density at radius 2 is 2.40 bits per heavy atom. The van der Waals surface area contributed by atoms with Crippen LogP contribution in [0.1, 0.15) is 19.3 Å². The molecule has 1 atom stereocenters. The van der Waals surface area contributed by atoms with Gasteiger partial charge < -0.3 is 19.5 Å². The summed E-state index contributed by atoms with van der Waals surface area (Å²) in [5.41, 5.74) is 0. The van der Waals surface area contributed by atoms with E-state index in [1.54, 1.807) is 11.1 Å². The zero-order valence-corrected chi connectivity index (χ0v) is 12.1. The number of nitrogens with zero attached hydrogens (tertiary/aromatic N) is 4. The van der Waals surface area contributed by atoms with Crippen molar-refractivity contribution in [3.8, 4) is 0 Å². The predicted molar refractivity (Wildman–Crippen MR) is 76.2 cm³/mol. The van der Waals surface area contributed by atoms with E-state index in [-0.39, 0.29) is 5.91 Å². The molecule has 0 aliphatic carbocycles. The summed E-state index contributed by atoms with van der Waals surface area (Å²) < 4.78 is 2.05. The number of aromatic nitrogens is 2. The summed E-state index contributed by atoms with van der Waals surface area (Å²) in [6.07, 6.45) is 7.65. The summed E-state index contributed by atoms with van der Waals surface area (Å²) in [5, 5.41) is 10.0. The van der Waals surface area contributed by atoms with Gasteiger partial charge in [-0.25, -0.2) is 4.98 Å². The van der Waals surface area contributed by atoms with E-state index in [0.29, 0.717) is 19.5 Å². The first kappa shape index (κ1) is 15.0. The second-order valence-corrected chi connectivity index (χ2v) is 5.51. The fraction of sp³-hybridized carbons (Fsp3) is 0.714. The number of hydrogen-bond donors (Lipinski definition) is 1. The molecule has 2 rings (SSSR count). The Morgan fingerprint density at radius 1 is 1.55 bits per heavy atom. The zero-order chi connectivity index (χ0) is 14.4. The summed E-state index contributed by atoms with van der Waals surface area (Å²) in [7, 11) is 2.00. The molecule has 0 radical (unpaired) electrons. The van der Waals surface area contributed by atoms with Crippen LogP contribution in [-0.4, -0.2) is 69.7 Å². The van der Waals surface area contributed by atoms with Crippen LogP contribution in [0.4, 0.5) is 0 Å². The highest BCUT2D eigenvalue weighted by Crippen LogP contribution is 2.10. The van der Waals surface area contributed by atoms with Crippen molar-refractivity contribution in [2.45, 2.75) is 31.9 Å². The first-order chi connectivity index (χ1) is 9.65. The van der Waals surface area contributed by atoms with Gasteiger partial charge in [0, 0.05) is 45.0 Å². The smallest absolute Gasteiger partial charge is 0.222 e. The number of carbonyl (C=O) groups excluding carboxylic acids is 1. The number of hydrogen-bond acceptors (Lipinski definition) is 4. The molecule has 1 N–H and O–H groups in total. The van der Waals surface area contributed by atoms with Gasteiger partial charge in [-0.3, -0.25) is 4.79 Å². The number of likely N-dealkylation sites (tertiary alicyclic amines) is 1. The van der Waals surface area contributed by atoms with Crippen molar-refractivity contribution in [1.29, 1.82) is 0 Å². The number of aryl methyl sites for hydroxylation is 1. The maximum absolute atomic E-state index is 11.5. The first-order valence-corrected chi connectivity index (χ1v) is 7.25. The number of rotatable bonds is 8. The highest BCUT2D eigenvalue weighted by atomic mass is 16.3. The lowest BCUT2D eigenvalue weighted by atomic mass is 10.3. The molecule has 1 aliphatic heterocycles. The number of carbonyl (C=O) groups is 1. The van der Waals surface area contributed by atoms with E-state index in [0.717, 1.165) is 32.5 Å². The van der Waals surface area contributed by atoms with E-state index in [2.05, 4.69) is 9.88 Å². The van der Waals surface area contributed by atoms with Gasteiger partial charge in [-0.2, -0.15) is 0 Å². The van der Waals surface area contributed by atoms with E-state index in [1.165, 1.54) is 0 Å². The van der Waals surface area contributed by atoms with Crippen molar-refractivity contribution in [2.75, 3.05) is 33.2 Å². The SMILES string of the molecule is CN(CCCn1ccnc1)CC(O)CN1CCCC1=O. The van der Waals surface area contributed by atoms with E-state index >= 15 is 0 Å². The molecule has 112 valence electrons. The Hall–Kier alpha value is -1.40. The van der Waals surface area contributed by atoms with E-state index in [4.69, 9.17) is 0 Å². The minimum atomic E-state index is -0.463. The van der Waals surface area contributed by atoms with Crippen LogP contribution in [0, 0.1) is 0 Å². The van der Waals surface area contributed by atoms with Crippen LogP contribution in [0.3, 0.4) is 0 Å². The highest BCUT2D eigenvalue weighted by molar-refractivity contribution is 5.78. The Bertz CT molecular complexity index is 407. The van der Waals surface area contributed by atoms with E-state index in [9.17, 15) is 9.90 Å². The molecule has 1 aromatic rings. The Labute approximate surface area is 120 Å². The van der Waals surface area contributed by atoms with Crippen molar-refractivity contribution in [3.05, 3.63) is 18.7 Å². The molecule has 6 heteroatoms. The van der Waals surface area contributed by atoms with E-state index in [1.807, 2.05) is 24.1 Å². The summed E-state index contributed by atoms with van der Waals surface area (Å²) in [6.45, 7) is 3.72. The second kappa shape index (κ2) is 7.40. The molecule has 1 saturated heterocycles. The van der Waals surface area contributed by atoms with Crippen molar-refractivity contribution in [3.63, 3.8) is 0 Å². The molecule has 1 aliphatic rings. The third kappa shape index (κ3) is 4.61. The summed E-state index contributed by atoms with van der Waals surface area (Å²) in [5.74, 6) is 0.173. The van der Waals surface area contributed by atoms with Crippen LogP contribution in [0.25, 0.3) is 0 Å². The fourth-order valence-electron chi connectivity index (χ4n) is 2.60. The van der Waals surface area contributed by atoms with Crippen LogP contribution in [0.5, 0.6) is 0 Å². The van der Waals surface area contributed by atoms with Gasteiger partial charge in [-0.15, -0.1) is 0 Å². The minimum absolute atomic E-state index is 0.173. The van der Waals surface area contributed by atoms with Crippen molar-refractivity contribution < 1.29 is 9.90 Å². The number of aliphatic hydroxyl groups excluding tert-OH is 1. The van der Waals surface area contributed by atoms with Gasteiger partial charge in [0.15, 0.2) is 0 Å². The number of likely N-dealkylation sites (N-methyl/N-ethyl adjacent to an activating group) is 1.